The summed E-state index contributed by atoms with van der Waals surface area (Å²) >= 11 is 0. The average molecular weight is 113 g/mol. The second-order valence-corrected chi connectivity index (χ2v) is 2.36. The van der Waals surface area contributed by atoms with Crippen molar-refractivity contribution in [3.63, 3.8) is 0 Å². The summed E-state index contributed by atoms with van der Waals surface area (Å²) in [6.45, 7) is 0. The molecule has 1 aliphatic heterocycles. The van der Waals surface area contributed by atoms with Gasteiger partial charge in [0.1, 0.15) is 0 Å². The van der Waals surface area contributed by atoms with Crippen molar-refractivity contribution in [2.24, 2.45) is 0 Å². The third kappa shape index (κ3) is 1.75. The molecule has 0 saturated carbocycles. The van der Waals surface area contributed by atoms with E-state index in [0.29, 0.717) is 0 Å². The summed E-state index contributed by atoms with van der Waals surface area (Å²) in [4.78, 5) is 0. The van der Waals surface area contributed by atoms with Crippen molar-refractivity contribution in [3.8, 4) is 0 Å². The summed E-state index contributed by atoms with van der Waals surface area (Å²) < 4.78 is 0. The van der Waals surface area contributed by atoms with Crippen LogP contribution in [0.3, 0.4) is 0 Å². The van der Waals surface area contributed by atoms with Crippen molar-refractivity contribution >= 4 is 8.73 Å². The molecule has 1 unspecified atom stereocenters. The molecule has 0 bridgehead atoms. The summed E-state index contributed by atoms with van der Waals surface area (Å²) in [6.07, 6.45) is 9.39. The van der Waals surface area contributed by atoms with Crippen LogP contribution < -0.4 is 5.09 Å². The Kier molecular flexibility index (Phi) is 1.95. The van der Waals surface area contributed by atoms with Crippen molar-refractivity contribution in [1.29, 1.82) is 0 Å². The molecule has 0 aliphatic carbocycles. The van der Waals surface area contributed by atoms with Gasteiger partial charge in [-0.25, -0.2) is 0 Å². The second-order valence-electron chi connectivity index (χ2n) is 1.31. The van der Waals surface area contributed by atoms with Gasteiger partial charge in [-0.1, -0.05) is 12.2 Å². The van der Waals surface area contributed by atoms with Crippen molar-refractivity contribution in [1.82, 2.24) is 5.09 Å². The Morgan fingerprint density at radius 1 is 1.43 bits per heavy atom. The maximum atomic E-state index is 3.13. The van der Waals surface area contributed by atoms with Gasteiger partial charge in [0.15, 0.2) is 0 Å². The summed E-state index contributed by atoms with van der Waals surface area (Å²) in [6, 6.07) is 0. The molecule has 0 saturated heterocycles. The number of rotatable bonds is 0. The molecule has 1 N–H and O–H groups in total. The van der Waals surface area contributed by atoms with E-state index in [0.717, 1.165) is 8.73 Å². The first-order chi connectivity index (χ1) is 3.50. The average Bonchev–Trinajstić information content (AvgIpc) is 1.90. The molecule has 0 aromatic heterocycles. The van der Waals surface area contributed by atoms with Crippen LogP contribution in [0, 0.1) is 0 Å². The first-order valence-electron chi connectivity index (χ1n) is 2.30. The van der Waals surface area contributed by atoms with Crippen LogP contribution >= 0.6 is 8.73 Å². The van der Waals surface area contributed by atoms with Crippen LogP contribution in [0.2, 0.25) is 0 Å². The highest BCUT2D eigenvalue weighted by molar-refractivity contribution is 7.36. The maximum Gasteiger partial charge on any atom is 0.00118 e. The lowest BCUT2D eigenvalue weighted by Gasteiger charge is -1.89. The molecule has 0 amide bonds. The highest BCUT2D eigenvalue weighted by Crippen LogP contribution is 2.04. The lowest BCUT2D eigenvalue weighted by atomic mass is 10.5. The van der Waals surface area contributed by atoms with Crippen molar-refractivity contribution in [2.45, 2.75) is 0 Å². The molecule has 1 nitrogen and oxygen atoms in total. The molecule has 0 radical (unpaired) electrons. The minimum atomic E-state index is 0.871. The SMILES string of the molecule is C1=CCPNC=C1. The van der Waals surface area contributed by atoms with E-state index in [2.05, 4.69) is 17.2 Å². The van der Waals surface area contributed by atoms with Gasteiger partial charge in [-0.2, -0.15) is 0 Å². The fourth-order valence-electron chi connectivity index (χ4n) is 0.427. The van der Waals surface area contributed by atoms with Gasteiger partial charge in [-0.3, -0.25) is 0 Å². The number of nitrogens with one attached hydrogen (secondary N) is 1. The summed E-state index contributed by atoms with van der Waals surface area (Å²) in [7, 11) is 0.871. The van der Waals surface area contributed by atoms with E-state index in [9.17, 15) is 0 Å². The van der Waals surface area contributed by atoms with Gasteiger partial charge >= 0.3 is 0 Å². The molecule has 0 aromatic rings. The Labute approximate surface area is 45.3 Å². The van der Waals surface area contributed by atoms with Crippen LogP contribution in [0.5, 0.6) is 0 Å². The van der Waals surface area contributed by atoms with Crippen LogP contribution in [0.25, 0.3) is 0 Å². The first-order valence-corrected chi connectivity index (χ1v) is 3.51. The molecule has 0 spiro atoms. The summed E-state index contributed by atoms with van der Waals surface area (Å²) in [5, 5.41) is 3.13. The van der Waals surface area contributed by atoms with Crippen LogP contribution in [0.1, 0.15) is 0 Å². The molecule has 2 heteroatoms. The van der Waals surface area contributed by atoms with E-state index >= 15 is 0 Å². The molecular weight excluding hydrogens is 105 g/mol. The first kappa shape index (κ1) is 4.86. The molecule has 1 rings (SSSR count). The third-order valence-corrected chi connectivity index (χ3v) is 1.56. The monoisotopic (exact) mass is 113 g/mol. The highest BCUT2D eigenvalue weighted by Gasteiger charge is 1.78. The van der Waals surface area contributed by atoms with E-state index in [4.69, 9.17) is 0 Å². The third-order valence-electron chi connectivity index (χ3n) is 0.749. The normalized spacial score (nSPS) is 21.7. The van der Waals surface area contributed by atoms with E-state index < -0.39 is 0 Å². The molecule has 1 atom stereocenters. The predicted molar refractivity (Wildman–Crippen MR) is 34.6 cm³/mol. The fourth-order valence-corrected chi connectivity index (χ4v) is 1.01. The zero-order valence-corrected chi connectivity index (χ0v) is 5.02. The van der Waals surface area contributed by atoms with Crippen LogP contribution in [-0.4, -0.2) is 6.16 Å². The zero-order chi connectivity index (χ0) is 4.95. The van der Waals surface area contributed by atoms with Crippen LogP contribution in [0.15, 0.2) is 24.4 Å². The Balaban J connectivity index is 2.39. The molecule has 0 aromatic carbocycles. The van der Waals surface area contributed by atoms with E-state index in [-0.39, 0.29) is 0 Å². The smallest absolute Gasteiger partial charge is 0.00118 e. The lowest BCUT2D eigenvalue weighted by molar-refractivity contribution is 1.40. The molecule has 0 fully saturated rings. The van der Waals surface area contributed by atoms with Crippen molar-refractivity contribution in [2.75, 3.05) is 6.16 Å². The summed E-state index contributed by atoms with van der Waals surface area (Å²) in [5.74, 6) is 0. The maximum absolute atomic E-state index is 3.13. The molecule has 1 aliphatic rings. The lowest BCUT2D eigenvalue weighted by Crippen LogP contribution is -1.84. The Bertz CT molecular complexity index is 84.3. The molecular formula is C5H8NP. The minimum absolute atomic E-state index is 0.871. The number of hydrogen-bond acceptors (Lipinski definition) is 1. The second kappa shape index (κ2) is 2.81. The van der Waals surface area contributed by atoms with E-state index in [1.54, 1.807) is 0 Å². The van der Waals surface area contributed by atoms with Gasteiger partial charge in [0, 0.05) is 6.16 Å². The standard InChI is InChI=1S/C5H8NP/c1-2-4-6-7-5-3-1/h1-4,6-7H,5H2. The molecule has 38 valence electrons. The van der Waals surface area contributed by atoms with Gasteiger partial charge in [-0.05, 0) is 21.0 Å². The van der Waals surface area contributed by atoms with Crippen molar-refractivity contribution in [3.05, 3.63) is 24.4 Å². The largest absolute Gasteiger partial charge is 0.372 e. The van der Waals surface area contributed by atoms with E-state index in [1.165, 1.54) is 6.16 Å². The van der Waals surface area contributed by atoms with Gasteiger partial charge in [0.2, 0.25) is 0 Å². The zero-order valence-electron chi connectivity index (χ0n) is 4.02. The number of allylic oxidation sites excluding steroid dienone is 3. The van der Waals surface area contributed by atoms with Crippen molar-refractivity contribution < 1.29 is 0 Å². The number of hydrogen-bond donors (Lipinski definition) is 1. The van der Waals surface area contributed by atoms with Gasteiger partial charge in [0.25, 0.3) is 0 Å². The van der Waals surface area contributed by atoms with E-state index in [1.807, 2.05) is 12.3 Å². The molecule has 7 heavy (non-hydrogen) atoms. The quantitative estimate of drug-likeness (QED) is 0.466. The van der Waals surface area contributed by atoms with Gasteiger partial charge in [0.05, 0.1) is 0 Å². The Morgan fingerprint density at radius 2 is 2.43 bits per heavy atom. The van der Waals surface area contributed by atoms with Gasteiger partial charge < -0.3 is 5.09 Å². The minimum Gasteiger partial charge on any atom is -0.372 e. The Morgan fingerprint density at radius 3 is 3.43 bits per heavy atom. The van der Waals surface area contributed by atoms with Crippen LogP contribution in [0.4, 0.5) is 0 Å². The van der Waals surface area contributed by atoms with Gasteiger partial charge in [-0.15, -0.1) is 0 Å². The van der Waals surface area contributed by atoms with Crippen LogP contribution in [-0.2, 0) is 0 Å². The Hall–Kier alpha value is -0.290. The topological polar surface area (TPSA) is 12.0 Å². The predicted octanol–water partition coefficient (Wildman–Crippen LogP) is 1.25. The summed E-state index contributed by atoms with van der Waals surface area (Å²) in [5.41, 5.74) is 0. The highest BCUT2D eigenvalue weighted by atomic mass is 31.1. The molecule has 1 heterocycles. The fraction of sp³-hybridized carbons (Fsp3) is 0.200.